The zero-order chi connectivity index (χ0) is 12.9. The molecule has 0 spiro atoms. The average molecular weight is 232 g/mol. The molecule has 0 saturated carbocycles. The van der Waals surface area contributed by atoms with Gasteiger partial charge in [-0.1, -0.05) is 0 Å². The molecule has 0 aromatic heterocycles. The Labute approximate surface area is 92.4 Å². The Kier molecular flexibility index (Phi) is 5.06. The molecule has 0 bridgehead atoms. The summed E-state index contributed by atoms with van der Waals surface area (Å²) in [6.45, 7) is 1.13. The first-order valence-corrected chi connectivity index (χ1v) is 4.68. The van der Waals surface area contributed by atoms with Crippen LogP contribution in [0.1, 0.15) is 26.2 Å². The maximum absolute atomic E-state index is 11.0. The summed E-state index contributed by atoms with van der Waals surface area (Å²) in [6.07, 6.45) is -0.623. The second kappa shape index (κ2) is 5.57. The fraction of sp³-hybridized carbons (Fsp3) is 0.667. The maximum atomic E-state index is 11.0. The maximum Gasteiger partial charge on any atom is 0.314 e. The summed E-state index contributed by atoms with van der Waals surface area (Å²) in [7, 11) is 0. The van der Waals surface area contributed by atoms with Crippen molar-refractivity contribution in [3.8, 4) is 0 Å². The number of nitrogens with two attached hydrogens (primary N) is 2. The zero-order valence-corrected chi connectivity index (χ0v) is 8.97. The first-order valence-electron chi connectivity index (χ1n) is 4.68. The summed E-state index contributed by atoms with van der Waals surface area (Å²) in [5, 5.41) is 17.2. The minimum atomic E-state index is -1.47. The molecule has 6 N–H and O–H groups in total. The van der Waals surface area contributed by atoms with E-state index in [1.807, 2.05) is 0 Å². The lowest BCUT2D eigenvalue weighted by molar-refractivity contribution is -0.146. The predicted octanol–water partition coefficient (Wildman–Crippen LogP) is -0.855. The van der Waals surface area contributed by atoms with Gasteiger partial charge in [-0.05, 0) is 19.8 Å². The van der Waals surface area contributed by atoms with Crippen LogP contribution in [-0.2, 0) is 14.4 Å². The third-order valence-electron chi connectivity index (χ3n) is 2.18. The fourth-order valence-electron chi connectivity index (χ4n) is 1.23. The molecule has 0 aliphatic rings. The van der Waals surface area contributed by atoms with E-state index in [0.717, 1.165) is 6.92 Å². The lowest BCUT2D eigenvalue weighted by Gasteiger charge is -2.26. The van der Waals surface area contributed by atoms with E-state index in [1.165, 1.54) is 0 Å². The van der Waals surface area contributed by atoms with Crippen molar-refractivity contribution in [3.05, 3.63) is 0 Å². The SMILES string of the molecule is CC(=O)C(CC(N)(N)CCC(=O)O)C(=O)O. The Hall–Kier alpha value is -1.47. The van der Waals surface area contributed by atoms with E-state index in [2.05, 4.69) is 0 Å². The van der Waals surface area contributed by atoms with Gasteiger partial charge in [0.25, 0.3) is 0 Å². The van der Waals surface area contributed by atoms with Crippen LogP contribution in [0.25, 0.3) is 0 Å². The van der Waals surface area contributed by atoms with Crippen molar-refractivity contribution >= 4 is 17.7 Å². The first kappa shape index (κ1) is 14.5. The third kappa shape index (κ3) is 5.42. The van der Waals surface area contributed by atoms with E-state index in [0.29, 0.717) is 0 Å². The van der Waals surface area contributed by atoms with E-state index >= 15 is 0 Å². The highest BCUT2D eigenvalue weighted by Gasteiger charge is 2.32. The van der Waals surface area contributed by atoms with Crippen molar-refractivity contribution in [3.63, 3.8) is 0 Å². The number of ketones is 1. The third-order valence-corrected chi connectivity index (χ3v) is 2.18. The summed E-state index contributed by atoms with van der Waals surface area (Å²) < 4.78 is 0. The Morgan fingerprint density at radius 3 is 2.06 bits per heavy atom. The van der Waals surface area contributed by atoms with Gasteiger partial charge in [0.05, 0.1) is 5.66 Å². The van der Waals surface area contributed by atoms with Crippen molar-refractivity contribution in [2.75, 3.05) is 0 Å². The average Bonchev–Trinajstić information content (AvgIpc) is 2.10. The van der Waals surface area contributed by atoms with Crippen LogP contribution in [0.2, 0.25) is 0 Å². The highest BCUT2D eigenvalue weighted by molar-refractivity contribution is 5.96. The van der Waals surface area contributed by atoms with E-state index in [4.69, 9.17) is 21.7 Å². The minimum absolute atomic E-state index is 0.0839. The second-order valence-electron chi connectivity index (χ2n) is 3.83. The van der Waals surface area contributed by atoms with Crippen LogP contribution < -0.4 is 11.5 Å². The highest BCUT2D eigenvalue weighted by atomic mass is 16.4. The van der Waals surface area contributed by atoms with Crippen LogP contribution >= 0.6 is 0 Å². The molecule has 0 rings (SSSR count). The van der Waals surface area contributed by atoms with E-state index in [-0.39, 0.29) is 19.3 Å². The summed E-state index contributed by atoms with van der Waals surface area (Å²) in [5.41, 5.74) is 9.62. The van der Waals surface area contributed by atoms with Gasteiger partial charge in [0.2, 0.25) is 0 Å². The molecule has 0 fully saturated rings. The summed E-state index contributed by atoms with van der Waals surface area (Å²) in [5.74, 6) is -4.22. The molecule has 0 heterocycles. The number of Topliss-reactive ketones (excluding diaryl/α,β-unsaturated/α-hetero) is 1. The normalized spacial score (nSPS) is 13.2. The Morgan fingerprint density at radius 1 is 1.25 bits per heavy atom. The number of carboxylic acids is 2. The van der Waals surface area contributed by atoms with Gasteiger partial charge in [0.1, 0.15) is 11.7 Å². The fourth-order valence-corrected chi connectivity index (χ4v) is 1.23. The summed E-state index contributed by atoms with van der Waals surface area (Å²) in [4.78, 5) is 32.0. The molecule has 0 aliphatic heterocycles. The summed E-state index contributed by atoms with van der Waals surface area (Å²) in [6, 6.07) is 0. The van der Waals surface area contributed by atoms with Crippen molar-refractivity contribution in [2.45, 2.75) is 31.8 Å². The molecule has 1 unspecified atom stereocenters. The van der Waals surface area contributed by atoms with Crippen molar-refractivity contribution in [1.82, 2.24) is 0 Å². The van der Waals surface area contributed by atoms with Crippen LogP contribution in [0.5, 0.6) is 0 Å². The smallest absolute Gasteiger partial charge is 0.314 e. The van der Waals surface area contributed by atoms with Gasteiger partial charge in [-0.3, -0.25) is 14.4 Å². The van der Waals surface area contributed by atoms with Crippen molar-refractivity contribution < 1.29 is 24.6 Å². The van der Waals surface area contributed by atoms with E-state index in [9.17, 15) is 14.4 Å². The van der Waals surface area contributed by atoms with E-state index < -0.39 is 29.3 Å². The number of carboxylic acid groups (broad SMARTS) is 2. The number of carbonyl (C=O) groups excluding carboxylic acids is 1. The van der Waals surface area contributed by atoms with Crippen LogP contribution in [0.3, 0.4) is 0 Å². The molecule has 16 heavy (non-hydrogen) atoms. The van der Waals surface area contributed by atoms with Gasteiger partial charge in [-0.25, -0.2) is 0 Å². The molecule has 0 radical (unpaired) electrons. The van der Waals surface area contributed by atoms with Crippen molar-refractivity contribution in [2.24, 2.45) is 17.4 Å². The molecule has 0 amide bonds. The molecule has 0 aromatic rings. The van der Waals surface area contributed by atoms with Crippen LogP contribution in [0, 0.1) is 5.92 Å². The van der Waals surface area contributed by atoms with Crippen molar-refractivity contribution in [1.29, 1.82) is 0 Å². The molecular formula is C9H16N2O5. The van der Waals surface area contributed by atoms with Gasteiger partial charge in [-0.2, -0.15) is 0 Å². The van der Waals surface area contributed by atoms with Crippen LogP contribution in [0.4, 0.5) is 0 Å². The summed E-state index contributed by atoms with van der Waals surface area (Å²) >= 11 is 0. The molecule has 0 saturated heterocycles. The topological polar surface area (TPSA) is 144 Å². The molecule has 7 heteroatoms. The van der Waals surface area contributed by atoms with Crippen LogP contribution in [-0.4, -0.2) is 33.6 Å². The number of aliphatic carboxylic acids is 2. The van der Waals surface area contributed by atoms with Gasteiger partial charge >= 0.3 is 11.9 Å². The minimum Gasteiger partial charge on any atom is -0.481 e. The lowest BCUT2D eigenvalue weighted by atomic mass is 9.90. The number of hydrogen-bond acceptors (Lipinski definition) is 5. The monoisotopic (exact) mass is 232 g/mol. The lowest BCUT2D eigenvalue weighted by Crippen LogP contribution is -2.52. The van der Waals surface area contributed by atoms with Gasteiger partial charge in [0.15, 0.2) is 0 Å². The number of rotatable bonds is 7. The Morgan fingerprint density at radius 2 is 1.75 bits per heavy atom. The number of hydrogen-bond donors (Lipinski definition) is 4. The largest absolute Gasteiger partial charge is 0.481 e. The highest BCUT2D eigenvalue weighted by Crippen LogP contribution is 2.16. The standard InChI is InChI=1S/C9H16N2O5/c1-5(12)6(8(15)16)4-9(10,11)3-2-7(13)14/h6H,2-4,10-11H2,1H3,(H,13,14)(H,15,16). The van der Waals surface area contributed by atoms with Crippen LogP contribution in [0.15, 0.2) is 0 Å². The Balaban J connectivity index is 4.47. The molecule has 92 valence electrons. The van der Waals surface area contributed by atoms with E-state index in [1.54, 1.807) is 0 Å². The molecule has 7 nitrogen and oxygen atoms in total. The van der Waals surface area contributed by atoms with Gasteiger partial charge in [-0.15, -0.1) is 0 Å². The molecule has 0 aromatic carbocycles. The molecule has 0 aliphatic carbocycles. The Bertz CT molecular complexity index is 286. The molecule has 1 atom stereocenters. The second-order valence-corrected chi connectivity index (χ2v) is 3.83. The van der Waals surface area contributed by atoms with Gasteiger partial charge in [0, 0.05) is 6.42 Å². The first-order chi connectivity index (χ1) is 7.15. The zero-order valence-electron chi connectivity index (χ0n) is 8.97. The quantitative estimate of drug-likeness (QED) is 0.330. The predicted molar refractivity (Wildman–Crippen MR) is 54.4 cm³/mol. The van der Waals surface area contributed by atoms with Gasteiger partial charge < -0.3 is 21.7 Å². The number of carbonyl (C=O) groups is 3. The molecular weight excluding hydrogens is 216 g/mol.